The fourth-order valence-corrected chi connectivity index (χ4v) is 1.83. The highest BCUT2D eigenvalue weighted by molar-refractivity contribution is 5.36. The lowest BCUT2D eigenvalue weighted by Crippen LogP contribution is -2.42. The van der Waals surface area contributed by atoms with E-state index >= 15 is 0 Å². The molecule has 1 saturated heterocycles. The average molecular weight is 201 g/mol. The van der Waals surface area contributed by atoms with E-state index in [0.717, 1.165) is 38.2 Å². The van der Waals surface area contributed by atoms with Gasteiger partial charge < -0.3 is 10.2 Å². The minimum atomic E-state index is 0.753. The van der Waals surface area contributed by atoms with E-state index in [4.69, 9.17) is 5.26 Å². The fourth-order valence-electron chi connectivity index (χ4n) is 1.83. The largest absolute Gasteiger partial charge is 0.369 e. The molecular weight excluding hydrogens is 186 g/mol. The minimum Gasteiger partial charge on any atom is -0.369 e. The first-order valence-corrected chi connectivity index (χ1v) is 5.33. The summed E-state index contributed by atoms with van der Waals surface area (Å²) in [6.45, 7) is 4.18. The third-order valence-electron chi connectivity index (χ3n) is 2.71. The summed E-state index contributed by atoms with van der Waals surface area (Å²) in [4.78, 5) is 2.35. The van der Waals surface area contributed by atoms with Crippen molar-refractivity contribution in [2.45, 2.75) is 6.42 Å². The van der Waals surface area contributed by atoms with Crippen molar-refractivity contribution in [2.24, 2.45) is 0 Å². The van der Waals surface area contributed by atoms with Gasteiger partial charge in [-0.15, -0.1) is 0 Å². The number of hydrogen-bond acceptors (Lipinski definition) is 3. The third kappa shape index (κ3) is 2.48. The van der Waals surface area contributed by atoms with Gasteiger partial charge in [-0.1, -0.05) is 6.08 Å². The van der Waals surface area contributed by atoms with E-state index in [2.05, 4.69) is 28.4 Å². The fraction of sp³-hybridized carbons (Fsp3) is 0.417. The Kier molecular flexibility index (Phi) is 3.21. The quantitative estimate of drug-likeness (QED) is 0.692. The van der Waals surface area contributed by atoms with Gasteiger partial charge in [-0.3, -0.25) is 0 Å². The van der Waals surface area contributed by atoms with Crippen LogP contribution < -0.4 is 5.32 Å². The zero-order chi connectivity index (χ0) is 10.5. The predicted octanol–water partition coefficient (Wildman–Crippen LogP) is 1.19. The number of nitriles is 1. The van der Waals surface area contributed by atoms with Crippen LogP contribution in [0.4, 0.5) is 0 Å². The smallest absolute Gasteiger partial charge is 0.0950 e. The van der Waals surface area contributed by atoms with Crippen molar-refractivity contribution in [3.63, 3.8) is 0 Å². The summed E-state index contributed by atoms with van der Waals surface area (Å²) in [7, 11) is 0. The first-order chi connectivity index (χ1) is 7.40. The minimum absolute atomic E-state index is 0.753. The summed E-state index contributed by atoms with van der Waals surface area (Å²) >= 11 is 0. The van der Waals surface area contributed by atoms with Crippen molar-refractivity contribution in [3.05, 3.63) is 35.6 Å². The summed E-state index contributed by atoms with van der Waals surface area (Å²) in [5.41, 5.74) is 2.05. The van der Waals surface area contributed by atoms with Crippen molar-refractivity contribution in [1.82, 2.24) is 10.2 Å². The molecule has 15 heavy (non-hydrogen) atoms. The second kappa shape index (κ2) is 4.81. The number of nitrogens with zero attached hydrogens (tertiary/aromatic N) is 2. The van der Waals surface area contributed by atoms with E-state index in [1.807, 2.05) is 12.2 Å². The van der Waals surface area contributed by atoms with E-state index < -0.39 is 0 Å². The molecule has 2 rings (SSSR count). The monoisotopic (exact) mass is 201 g/mol. The Labute approximate surface area is 90.4 Å². The Hall–Kier alpha value is -1.53. The van der Waals surface area contributed by atoms with E-state index in [-0.39, 0.29) is 0 Å². The Balaban J connectivity index is 2.11. The number of nitrogens with one attached hydrogen (secondary N) is 1. The number of piperazine rings is 1. The van der Waals surface area contributed by atoms with Crippen LogP contribution in [0.25, 0.3) is 0 Å². The standard InChI is InChI=1S/C12H15N3/c13-10-11-2-1-3-12(5-4-11)15-8-6-14-7-9-15/h1,3-5,14H,2,6-9H2. The summed E-state index contributed by atoms with van der Waals surface area (Å²) in [6, 6.07) is 2.20. The number of allylic oxidation sites excluding steroid dienone is 5. The van der Waals surface area contributed by atoms with Crippen LogP contribution in [-0.4, -0.2) is 31.1 Å². The highest BCUT2D eigenvalue weighted by Crippen LogP contribution is 2.14. The van der Waals surface area contributed by atoms with Crippen LogP contribution >= 0.6 is 0 Å². The summed E-state index contributed by atoms with van der Waals surface area (Å²) < 4.78 is 0. The molecule has 1 aliphatic heterocycles. The molecule has 0 aromatic heterocycles. The van der Waals surface area contributed by atoms with Gasteiger partial charge in [-0.05, 0) is 18.2 Å². The maximum absolute atomic E-state index is 8.81. The molecular formula is C12H15N3. The molecule has 0 unspecified atom stereocenters. The van der Waals surface area contributed by atoms with Crippen LogP contribution in [0.1, 0.15) is 6.42 Å². The molecule has 0 bridgehead atoms. The second-order valence-electron chi connectivity index (χ2n) is 3.74. The van der Waals surface area contributed by atoms with Gasteiger partial charge in [0.1, 0.15) is 0 Å². The van der Waals surface area contributed by atoms with Crippen LogP contribution in [0.3, 0.4) is 0 Å². The molecule has 3 nitrogen and oxygen atoms in total. The van der Waals surface area contributed by atoms with Crippen molar-refractivity contribution < 1.29 is 0 Å². The van der Waals surface area contributed by atoms with E-state index in [1.165, 1.54) is 5.70 Å². The van der Waals surface area contributed by atoms with Crippen LogP contribution in [0.5, 0.6) is 0 Å². The molecule has 3 heteroatoms. The Bertz CT molecular complexity index is 352. The zero-order valence-corrected chi connectivity index (χ0v) is 8.74. The maximum Gasteiger partial charge on any atom is 0.0950 e. The SMILES string of the molecule is N#CC1=CC=C(N2CCNCC2)C=CC1. The van der Waals surface area contributed by atoms with Gasteiger partial charge >= 0.3 is 0 Å². The Morgan fingerprint density at radius 1 is 1.27 bits per heavy atom. The van der Waals surface area contributed by atoms with Gasteiger partial charge in [0.25, 0.3) is 0 Å². The lowest BCUT2D eigenvalue weighted by atomic mass is 10.2. The van der Waals surface area contributed by atoms with Gasteiger partial charge in [0.05, 0.1) is 6.07 Å². The molecule has 0 saturated carbocycles. The van der Waals surface area contributed by atoms with Crippen LogP contribution in [0.2, 0.25) is 0 Å². The second-order valence-corrected chi connectivity index (χ2v) is 3.74. The molecule has 1 aliphatic carbocycles. The van der Waals surface area contributed by atoms with Crippen molar-refractivity contribution in [2.75, 3.05) is 26.2 Å². The van der Waals surface area contributed by atoms with Gasteiger partial charge in [-0.25, -0.2) is 0 Å². The van der Waals surface area contributed by atoms with E-state index in [0.29, 0.717) is 0 Å². The molecule has 2 aliphatic rings. The molecule has 0 aromatic carbocycles. The molecule has 0 amide bonds. The molecule has 0 spiro atoms. The number of rotatable bonds is 1. The average Bonchev–Trinajstić information content (AvgIpc) is 2.55. The summed E-state index contributed by atoms with van der Waals surface area (Å²) in [5.74, 6) is 0. The highest BCUT2D eigenvalue weighted by Gasteiger charge is 2.11. The highest BCUT2D eigenvalue weighted by atomic mass is 15.2. The first-order valence-electron chi connectivity index (χ1n) is 5.33. The predicted molar refractivity (Wildman–Crippen MR) is 60.0 cm³/mol. The topological polar surface area (TPSA) is 39.1 Å². The van der Waals surface area contributed by atoms with Crippen LogP contribution in [0.15, 0.2) is 35.6 Å². The van der Waals surface area contributed by atoms with E-state index in [1.54, 1.807) is 0 Å². The summed E-state index contributed by atoms with van der Waals surface area (Å²) in [5, 5.41) is 12.1. The Morgan fingerprint density at radius 3 is 2.80 bits per heavy atom. The lowest BCUT2D eigenvalue weighted by Gasteiger charge is -2.30. The molecule has 1 fully saturated rings. The first kappa shape index (κ1) is 10.0. The summed E-state index contributed by atoms with van der Waals surface area (Å²) in [6.07, 6.45) is 8.91. The van der Waals surface area contributed by atoms with Crippen LogP contribution in [0, 0.1) is 11.3 Å². The Morgan fingerprint density at radius 2 is 2.07 bits per heavy atom. The van der Waals surface area contributed by atoms with Crippen molar-refractivity contribution in [1.29, 1.82) is 5.26 Å². The molecule has 0 aromatic rings. The molecule has 0 atom stereocenters. The normalized spacial score (nSPS) is 21.4. The van der Waals surface area contributed by atoms with Gasteiger partial charge in [-0.2, -0.15) is 5.26 Å². The third-order valence-corrected chi connectivity index (χ3v) is 2.71. The van der Waals surface area contributed by atoms with Crippen molar-refractivity contribution in [3.8, 4) is 6.07 Å². The van der Waals surface area contributed by atoms with Gasteiger partial charge in [0.2, 0.25) is 0 Å². The zero-order valence-electron chi connectivity index (χ0n) is 8.74. The molecule has 1 N–H and O–H groups in total. The van der Waals surface area contributed by atoms with Crippen LogP contribution in [-0.2, 0) is 0 Å². The van der Waals surface area contributed by atoms with E-state index in [9.17, 15) is 0 Å². The van der Waals surface area contributed by atoms with Gasteiger partial charge in [0, 0.05) is 43.9 Å². The van der Waals surface area contributed by atoms with Crippen molar-refractivity contribution >= 4 is 0 Å². The lowest BCUT2D eigenvalue weighted by molar-refractivity contribution is 0.307. The molecule has 1 heterocycles. The molecule has 78 valence electrons. The maximum atomic E-state index is 8.81. The van der Waals surface area contributed by atoms with Gasteiger partial charge in [0.15, 0.2) is 0 Å². The molecule has 0 radical (unpaired) electrons. The number of hydrogen-bond donors (Lipinski definition) is 1.